The molecule has 400 valence electrons. The molecule has 1 amide bonds. The van der Waals surface area contributed by atoms with Crippen LogP contribution >= 0.6 is 7.82 Å². The Labute approximate surface area is 422 Å². The van der Waals surface area contributed by atoms with Gasteiger partial charge in [-0.05, 0) is 70.6 Å². The number of hydrogen-bond donors (Lipinski definition) is 2. The van der Waals surface area contributed by atoms with Crippen molar-refractivity contribution in [3.63, 3.8) is 0 Å². The fraction of sp³-hybridized carbons (Fsp3) is 0.847. The Hall–Kier alpha value is -1.54. The predicted octanol–water partition coefficient (Wildman–Crippen LogP) is 16.9. The fourth-order valence-corrected chi connectivity index (χ4v) is 9.14. The standard InChI is InChI=1S/C59H113N2O6P/c1-6-8-10-12-14-16-18-20-21-22-23-24-25-26-27-28-29-30-31-32-33-34-35-36-37-38-39-41-43-45-47-49-51-53-59(63)60-57(56-67-68(64,65)66-55-54-61(3,4)5)58(62)52-50-48-46-44-42-40-19-17-15-13-11-9-7-2/h15,17,26-27,42,44,50,52,57-58,62H,6-14,16,18-25,28-41,43,45-49,51,53-56H2,1-5H3,(H-,60,63,64,65)/b17-15+,27-26-,44-42+,52-50+. The number of aliphatic hydroxyl groups excluding tert-OH is 1. The lowest BCUT2D eigenvalue weighted by Gasteiger charge is -2.29. The Morgan fingerprint density at radius 2 is 0.824 bits per heavy atom. The monoisotopic (exact) mass is 977 g/mol. The molecule has 0 aromatic rings. The van der Waals surface area contributed by atoms with Crippen molar-refractivity contribution >= 4 is 13.7 Å². The minimum atomic E-state index is -4.60. The van der Waals surface area contributed by atoms with Crippen molar-refractivity contribution in [1.29, 1.82) is 0 Å². The molecule has 8 nitrogen and oxygen atoms in total. The number of nitrogens with one attached hydrogen (secondary N) is 1. The molecule has 0 fully saturated rings. The molecule has 0 saturated carbocycles. The van der Waals surface area contributed by atoms with Crippen LogP contribution < -0.4 is 10.2 Å². The molecule has 0 spiro atoms. The van der Waals surface area contributed by atoms with Gasteiger partial charge in [0.15, 0.2) is 0 Å². The van der Waals surface area contributed by atoms with Crippen LogP contribution in [0, 0.1) is 0 Å². The van der Waals surface area contributed by atoms with Gasteiger partial charge in [0.1, 0.15) is 13.2 Å². The quantitative estimate of drug-likeness (QED) is 0.0272. The first kappa shape index (κ1) is 66.5. The third kappa shape index (κ3) is 52.3. The highest BCUT2D eigenvalue weighted by molar-refractivity contribution is 7.45. The number of unbranched alkanes of at least 4 members (excludes halogenated alkanes) is 34. The van der Waals surface area contributed by atoms with E-state index >= 15 is 0 Å². The van der Waals surface area contributed by atoms with Gasteiger partial charge < -0.3 is 28.8 Å². The number of rotatable bonds is 53. The molecule has 0 aliphatic carbocycles. The molecular formula is C59H113N2O6P. The van der Waals surface area contributed by atoms with E-state index in [0.717, 1.165) is 51.4 Å². The van der Waals surface area contributed by atoms with Gasteiger partial charge in [-0.25, -0.2) is 0 Å². The average Bonchev–Trinajstić information content (AvgIpc) is 3.30. The minimum absolute atomic E-state index is 0.00892. The van der Waals surface area contributed by atoms with Gasteiger partial charge in [0.05, 0.1) is 39.9 Å². The van der Waals surface area contributed by atoms with E-state index in [1.54, 1.807) is 6.08 Å². The summed E-state index contributed by atoms with van der Waals surface area (Å²) < 4.78 is 23.3. The lowest BCUT2D eigenvalue weighted by molar-refractivity contribution is -0.870. The molecule has 3 unspecified atom stereocenters. The highest BCUT2D eigenvalue weighted by Crippen LogP contribution is 2.38. The van der Waals surface area contributed by atoms with Gasteiger partial charge in [-0.1, -0.05) is 242 Å². The van der Waals surface area contributed by atoms with Crippen molar-refractivity contribution in [1.82, 2.24) is 5.32 Å². The number of amides is 1. The number of aliphatic hydroxyl groups is 1. The van der Waals surface area contributed by atoms with E-state index in [4.69, 9.17) is 9.05 Å². The van der Waals surface area contributed by atoms with Crippen molar-refractivity contribution in [2.24, 2.45) is 0 Å². The zero-order valence-electron chi connectivity index (χ0n) is 45.6. The van der Waals surface area contributed by atoms with E-state index < -0.39 is 26.6 Å². The van der Waals surface area contributed by atoms with E-state index in [-0.39, 0.29) is 12.5 Å². The van der Waals surface area contributed by atoms with Crippen molar-refractivity contribution in [3.8, 4) is 0 Å². The number of quaternary nitrogens is 1. The maximum Gasteiger partial charge on any atom is 0.268 e. The maximum absolute atomic E-state index is 12.9. The summed E-state index contributed by atoms with van der Waals surface area (Å²) in [5.41, 5.74) is 0. The Kier molecular flexibility index (Phi) is 49.3. The molecule has 0 aliphatic heterocycles. The van der Waals surface area contributed by atoms with Crippen molar-refractivity contribution in [2.75, 3.05) is 40.9 Å². The van der Waals surface area contributed by atoms with Crippen LogP contribution in [-0.4, -0.2) is 68.5 Å². The second kappa shape index (κ2) is 50.4. The maximum atomic E-state index is 12.9. The smallest absolute Gasteiger partial charge is 0.268 e. The zero-order chi connectivity index (χ0) is 49.9. The lowest BCUT2D eigenvalue weighted by atomic mass is 10.0. The molecule has 2 N–H and O–H groups in total. The van der Waals surface area contributed by atoms with Crippen LogP contribution in [-0.2, 0) is 18.4 Å². The first-order valence-electron chi connectivity index (χ1n) is 29.0. The van der Waals surface area contributed by atoms with Crippen molar-refractivity contribution in [3.05, 3.63) is 48.6 Å². The third-order valence-corrected chi connectivity index (χ3v) is 14.0. The molecule has 0 aromatic heterocycles. The molecule has 68 heavy (non-hydrogen) atoms. The van der Waals surface area contributed by atoms with E-state index in [0.29, 0.717) is 17.4 Å². The van der Waals surface area contributed by atoms with E-state index in [1.165, 1.54) is 199 Å². The molecule has 0 bridgehead atoms. The lowest BCUT2D eigenvalue weighted by Crippen LogP contribution is -2.45. The molecule has 0 aromatic carbocycles. The molecule has 0 rings (SSSR count). The molecular weight excluding hydrogens is 864 g/mol. The summed E-state index contributed by atoms with van der Waals surface area (Å²) in [4.78, 5) is 25.4. The Morgan fingerprint density at radius 3 is 1.22 bits per heavy atom. The average molecular weight is 978 g/mol. The highest BCUT2D eigenvalue weighted by atomic mass is 31.2. The molecule has 0 heterocycles. The summed E-state index contributed by atoms with van der Waals surface area (Å²) >= 11 is 0. The number of allylic oxidation sites excluding steroid dienone is 7. The summed E-state index contributed by atoms with van der Waals surface area (Å²) in [5.74, 6) is -0.210. The second-order valence-electron chi connectivity index (χ2n) is 21.0. The Balaban J connectivity index is 4.02. The van der Waals surface area contributed by atoms with Gasteiger partial charge in [-0.2, -0.15) is 0 Å². The van der Waals surface area contributed by atoms with Crippen LogP contribution in [0.2, 0.25) is 0 Å². The summed E-state index contributed by atoms with van der Waals surface area (Å²) in [6, 6.07) is -0.908. The number of carbonyl (C=O) groups excluding carboxylic acids is 1. The first-order valence-corrected chi connectivity index (χ1v) is 30.5. The van der Waals surface area contributed by atoms with Gasteiger partial charge in [0.25, 0.3) is 7.82 Å². The van der Waals surface area contributed by atoms with Crippen LogP contribution in [0.3, 0.4) is 0 Å². The minimum Gasteiger partial charge on any atom is -0.756 e. The summed E-state index contributed by atoms with van der Waals surface area (Å²) in [5, 5.41) is 13.8. The van der Waals surface area contributed by atoms with Gasteiger partial charge in [0.2, 0.25) is 5.91 Å². The van der Waals surface area contributed by atoms with Crippen molar-refractivity contribution < 1.29 is 32.9 Å². The van der Waals surface area contributed by atoms with Crippen LogP contribution in [0.5, 0.6) is 0 Å². The van der Waals surface area contributed by atoms with Gasteiger partial charge in [-0.3, -0.25) is 9.36 Å². The topological polar surface area (TPSA) is 108 Å². The van der Waals surface area contributed by atoms with Crippen LogP contribution in [0.1, 0.15) is 271 Å². The van der Waals surface area contributed by atoms with E-state index in [1.807, 2.05) is 27.2 Å². The normalized spacial score (nSPS) is 14.3. The number of phosphoric ester groups is 1. The van der Waals surface area contributed by atoms with E-state index in [9.17, 15) is 19.4 Å². The fourth-order valence-electron chi connectivity index (χ4n) is 8.42. The Bertz CT molecular complexity index is 1250. The summed E-state index contributed by atoms with van der Waals surface area (Å²) in [7, 11) is 1.24. The molecule has 0 aliphatic rings. The predicted molar refractivity (Wildman–Crippen MR) is 293 cm³/mol. The van der Waals surface area contributed by atoms with Crippen LogP contribution in [0.15, 0.2) is 48.6 Å². The molecule has 3 atom stereocenters. The number of likely N-dealkylation sites (N-methyl/N-ethyl adjacent to an activating group) is 1. The van der Waals surface area contributed by atoms with Gasteiger partial charge in [0, 0.05) is 6.42 Å². The van der Waals surface area contributed by atoms with Gasteiger partial charge in [-0.15, -0.1) is 0 Å². The number of phosphoric acid groups is 1. The van der Waals surface area contributed by atoms with Gasteiger partial charge >= 0.3 is 0 Å². The number of nitrogens with zero attached hydrogens (tertiary/aromatic N) is 1. The summed E-state index contributed by atoms with van der Waals surface area (Å²) in [6.07, 6.45) is 66.4. The largest absolute Gasteiger partial charge is 0.756 e. The molecule has 0 radical (unpaired) electrons. The van der Waals surface area contributed by atoms with Crippen molar-refractivity contribution in [2.45, 2.75) is 283 Å². The third-order valence-electron chi connectivity index (χ3n) is 13.0. The molecule has 0 saturated heterocycles. The Morgan fingerprint density at radius 1 is 0.500 bits per heavy atom. The van der Waals surface area contributed by atoms with Crippen LogP contribution in [0.25, 0.3) is 0 Å². The highest BCUT2D eigenvalue weighted by Gasteiger charge is 2.23. The SMILES string of the molecule is CCCCC/C=C/CC/C=C/CC/C=C/C(O)C(COP(=O)([O-])OCC[N+](C)(C)C)NC(=O)CCCCCCCCCCCCCCCCCCC/C=C\CCCCCCCCCCCCCC. The van der Waals surface area contributed by atoms with Crippen LogP contribution in [0.4, 0.5) is 0 Å². The molecule has 9 heteroatoms. The zero-order valence-corrected chi connectivity index (χ0v) is 46.5. The second-order valence-corrected chi connectivity index (χ2v) is 22.4. The first-order chi connectivity index (χ1) is 33.0. The number of hydrogen-bond acceptors (Lipinski definition) is 6. The van der Waals surface area contributed by atoms with E-state index in [2.05, 4.69) is 55.6 Å². The number of carbonyl (C=O) groups is 1. The summed E-state index contributed by atoms with van der Waals surface area (Å²) in [6.45, 7) is 4.60.